The van der Waals surface area contributed by atoms with E-state index in [2.05, 4.69) is 13.2 Å². The van der Waals surface area contributed by atoms with Crippen molar-refractivity contribution in [1.82, 2.24) is 0 Å². The average Bonchev–Trinajstić information content (AvgIpc) is 1.91. The summed E-state index contributed by atoms with van der Waals surface area (Å²) in [7, 11) is 0. The summed E-state index contributed by atoms with van der Waals surface area (Å²) >= 11 is 0. The van der Waals surface area contributed by atoms with Crippen LogP contribution in [0.15, 0.2) is 24.5 Å². The van der Waals surface area contributed by atoms with E-state index in [4.69, 9.17) is 4.74 Å². The van der Waals surface area contributed by atoms with E-state index in [9.17, 15) is 0 Å². The molecule has 0 saturated carbocycles. The van der Waals surface area contributed by atoms with Crippen LogP contribution in [0, 0.1) is 0 Å². The van der Waals surface area contributed by atoms with E-state index in [0.29, 0.717) is 0 Å². The number of rotatable bonds is 0. The fourth-order valence-corrected chi connectivity index (χ4v) is 0.539. The van der Waals surface area contributed by atoms with Gasteiger partial charge in [0.05, 0.1) is 6.61 Å². The SMILES string of the molecule is C=C1CCOC1=C. The molecule has 0 aromatic carbocycles. The highest BCUT2D eigenvalue weighted by Crippen LogP contribution is 2.18. The zero-order valence-corrected chi connectivity index (χ0v) is 4.24. The summed E-state index contributed by atoms with van der Waals surface area (Å²) < 4.78 is 4.97. The lowest BCUT2D eigenvalue weighted by atomic mass is 10.2. The molecule has 1 heteroatoms. The zero-order valence-electron chi connectivity index (χ0n) is 4.24. The first-order valence-electron chi connectivity index (χ1n) is 2.30. The van der Waals surface area contributed by atoms with Crippen LogP contribution in [-0.4, -0.2) is 6.61 Å². The van der Waals surface area contributed by atoms with E-state index in [1.807, 2.05) is 0 Å². The smallest absolute Gasteiger partial charge is 0.114 e. The maximum absolute atomic E-state index is 4.97. The standard InChI is InChI=1S/C6H8O/c1-5-3-4-7-6(5)2/h1-4H2. The molecule has 0 amide bonds. The van der Waals surface area contributed by atoms with Gasteiger partial charge in [-0.1, -0.05) is 13.2 Å². The summed E-state index contributed by atoms with van der Waals surface area (Å²) in [6, 6.07) is 0. The molecular weight excluding hydrogens is 88.1 g/mol. The van der Waals surface area contributed by atoms with Crippen molar-refractivity contribution in [2.45, 2.75) is 6.42 Å². The van der Waals surface area contributed by atoms with E-state index in [0.717, 1.165) is 24.4 Å². The van der Waals surface area contributed by atoms with Gasteiger partial charge in [-0.15, -0.1) is 0 Å². The molecule has 0 aliphatic carbocycles. The third-order valence-corrected chi connectivity index (χ3v) is 1.07. The van der Waals surface area contributed by atoms with Crippen LogP contribution in [0.25, 0.3) is 0 Å². The minimum Gasteiger partial charge on any atom is -0.494 e. The van der Waals surface area contributed by atoms with Crippen LogP contribution in [0.1, 0.15) is 6.42 Å². The number of hydrogen-bond acceptors (Lipinski definition) is 1. The number of allylic oxidation sites excluding steroid dienone is 1. The van der Waals surface area contributed by atoms with Crippen LogP contribution in [-0.2, 0) is 4.74 Å². The first-order valence-corrected chi connectivity index (χ1v) is 2.30. The minimum absolute atomic E-state index is 0.764. The van der Waals surface area contributed by atoms with Crippen molar-refractivity contribution in [3.05, 3.63) is 24.5 Å². The third kappa shape index (κ3) is 0.660. The van der Waals surface area contributed by atoms with Gasteiger partial charge in [-0.25, -0.2) is 0 Å². The average molecular weight is 96.1 g/mol. The van der Waals surface area contributed by atoms with Gasteiger partial charge in [0.15, 0.2) is 0 Å². The first-order chi connectivity index (χ1) is 3.30. The van der Waals surface area contributed by atoms with Gasteiger partial charge in [0.2, 0.25) is 0 Å². The molecule has 1 aliphatic rings. The molecule has 1 aliphatic heterocycles. The maximum atomic E-state index is 4.97. The Hall–Kier alpha value is -0.720. The van der Waals surface area contributed by atoms with E-state index in [1.54, 1.807) is 0 Å². The Balaban J connectivity index is 2.65. The highest BCUT2D eigenvalue weighted by molar-refractivity contribution is 5.22. The van der Waals surface area contributed by atoms with Crippen molar-refractivity contribution >= 4 is 0 Å². The highest BCUT2D eigenvalue weighted by atomic mass is 16.5. The molecule has 38 valence electrons. The molecule has 0 atom stereocenters. The Labute approximate surface area is 43.3 Å². The molecular formula is C6H8O. The van der Waals surface area contributed by atoms with Gasteiger partial charge in [-0.3, -0.25) is 0 Å². The summed E-state index contributed by atoms with van der Waals surface area (Å²) in [4.78, 5) is 0. The molecule has 1 fully saturated rings. The second-order valence-corrected chi connectivity index (χ2v) is 1.63. The predicted octanol–water partition coefficient (Wildman–Crippen LogP) is 1.48. The van der Waals surface area contributed by atoms with Gasteiger partial charge >= 0.3 is 0 Å². The lowest BCUT2D eigenvalue weighted by Gasteiger charge is -1.90. The van der Waals surface area contributed by atoms with E-state index >= 15 is 0 Å². The van der Waals surface area contributed by atoms with E-state index < -0.39 is 0 Å². The van der Waals surface area contributed by atoms with Crippen LogP contribution >= 0.6 is 0 Å². The summed E-state index contributed by atoms with van der Waals surface area (Å²) in [6.45, 7) is 8.10. The summed E-state index contributed by atoms with van der Waals surface area (Å²) in [5, 5.41) is 0. The molecule has 0 radical (unpaired) electrons. The normalized spacial score (nSPS) is 20.0. The van der Waals surface area contributed by atoms with Crippen LogP contribution in [0.2, 0.25) is 0 Å². The fourth-order valence-electron chi connectivity index (χ4n) is 0.539. The van der Waals surface area contributed by atoms with Gasteiger partial charge in [-0.05, 0) is 5.57 Å². The molecule has 1 nitrogen and oxygen atoms in total. The zero-order chi connectivity index (χ0) is 5.28. The fraction of sp³-hybridized carbons (Fsp3) is 0.333. The van der Waals surface area contributed by atoms with Crippen LogP contribution in [0.5, 0.6) is 0 Å². The molecule has 1 saturated heterocycles. The molecule has 0 N–H and O–H groups in total. The van der Waals surface area contributed by atoms with E-state index in [-0.39, 0.29) is 0 Å². The molecule has 0 bridgehead atoms. The lowest BCUT2D eigenvalue weighted by Crippen LogP contribution is -1.73. The minimum atomic E-state index is 0.764. The second-order valence-electron chi connectivity index (χ2n) is 1.63. The van der Waals surface area contributed by atoms with Gasteiger partial charge in [-0.2, -0.15) is 0 Å². The molecule has 1 heterocycles. The van der Waals surface area contributed by atoms with Crippen molar-refractivity contribution in [3.8, 4) is 0 Å². The molecule has 1 rings (SSSR count). The number of ether oxygens (including phenoxy) is 1. The Kier molecular flexibility index (Phi) is 0.895. The van der Waals surface area contributed by atoms with E-state index in [1.165, 1.54) is 0 Å². The van der Waals surface area contributed by atoms with Gasteiger partial charge < -0.3 is 4.74 Å². The Morgan fingerprint density at radius 1 is 1.43 bits per heavy atom. The Bertz CT molecular complexity index is 99.3. The van der Waals surface area contributed by atoms with Gasteiger partial charge in [0.1, 0.15) is 5.76 Å². The molecule has 7 heavy (non-hydrogen) atoms. The van der Waals surface area contributed by atoms with Crippen LogP contribution in [0.4, 0.5) is 0 Å². The van der Waals surface area contributed by atoms with Crippen molar-refractivity contribution in [2.75, 3.05) is 6.61 Å². The topological polar surface area (TPSA) is 9.23 Å². The predicted molar refractivity (Wildman–Crippen MR) is 28.8 cm³/mol. The summed E-state index contributed by atoms with van der Waals surface area (Å²) in [6.07, 6.45) is 0.957. The molecule has 0 aromatic heterocycles. The number of hydrogen-bond donors (Lipinski definition) is 0. The largest absolute Gasteiger partial charge is 0.494 e. The Morgan fingerprint density at radius 3 is 2.29 bits per heavy atom. The first kappa shape index (κ1) is 4.44. The molecule has 0 spiro atoms. The summed E-state index contributed by atoms with van der Waals surface area (Å²) in [5.41, 5.74) is 1.04. The quantitative estimate of drug-likeness (QED) is 0.443. The molecule has 0 unspecified atom stereocenters. The van der Waals surface area contributed by atoms with Crippen LogP contribution in [0.3, 0.4) is 0 Å². The van der Waals surface area contributed by atoms with Crippen molar-refractivity contribution in [2.24, 2.45) is 0 Å². The molecule has 0 aromatic rings. The monoisotopic (exact) mass is 96.1 g/mol. The maximum Gasteiger partial charge on any atom is 0.114 e. The summed E-state index contributed by atoms with van der Waals surface area (Å²) in [5.74, 6) is 0.764. The van der Waals surface area contributed by atoms with Gasteiger partial charge in [0.25, 0.3) is 0 Å². The third-order valence-electron chi connectivity index (χ3n) is 1.07. The Morgan fingerprint density at radius 2 is 2.14 bits per heavy atom. The van der Waals surface area contributed by atoms with Gasteiger partial charge in [0, 0.05) is 6.42 Å². The van der Waals surface area contributed by atoms with Crippen LogP contribution < -0.4 is 0 Å². The second kappa shape index (κ2) is 1.41. The lowest BCUT2D eigenvalue weighted by molar-refractivity contribution is 0.267. The highest BCUT2D eigenvalue weighted by Gasteiger charge is 2.07. The van der Waals surface area contributed by atoms with Crippen molar-refractivity contribution < 1.29 is 4.74 Å². The van der Waals surface area contributed by atoms with Crippen molar-refractivity contribution in [1.29, 1.82) is 0 Å². The van der Waals surface area contributed by atoms with Crippen molar-refractivity contribution in [3.63, 3.8) is 0 Å².